The van der Waals surface area contributed by atoms with Crippen LogP contribution in [-0.2, 0) is 14.2 Å². The van der Waals surface area contributed by atoms with Crippen molar-refractivity contribution in [1.29, 1.82) is 0 Å². The molecular weight excluding hydrogens is 374 g/mol. The highest BCUT2D eigenvalue weighted by atomic mass is 35.5. The van der Waals surface area contributed by atoms with Gasteiger partial charge in [0.15, 0.2) is 0 Å². The first-order chi connectivity index (χ1) is 11.9. The van der Waals surface area contributed by atoms with Crippen molar-refractivity contribution in [2.75, 3.05) is 6.54 Å². The second kappa shape index (κ2) is 10.0. The van der Waals surface area contributed by atoms with E-state index < -0.39 is 4.87 Å². The van der Waals surface area contributed by atoms with E-state index in [4.69, 9.17) is 27.9 Å². The van der Waals surface area contributed by atoms with Crippen molar-refractivity contribution in [3.63, 3.8) is 0 Å². The van der Waals surface area contributed by atoms with Crippen LogP contribution in [0.2, 0.25) is 5.82 Å². The number of amides is 2. The van der Waals surface area contributed by atoms with Crippen LogP contribution in [0.25, 0.3) is 0 Å². The molecule has 2 N–H and O–H groups in total. The summed E-state index contributed by atoms with van der Waals surface area (Å²) in [6.45, 7) is 11.8. The van der Waals surface area contributed by atoms with Crippen molar-refractivity contribution >= 4 is 41.9 Å². The Morgan fingerprint density at radius 2 is 1.92 bits per heavy atom. The number of alkyl halides is 2. The lowest BCUT2D eigenvalue weighted by Crippen LogP contribution is -2.60. The normalized spacial score (nSPS) is 24.7. The predicted molar refractivity (Wildman–Crippen MR) is 109 cm³/mol. The summed E-state index contributed by atoms with van der Waals surface area (Å²) in [6.07, 6.45) is 3.89. The van der Waals surface area contributed by atoms with E-state index >= 15 is 0 Å². The first-order valence-electron chi connectivity index (χ1n) is 9.19. The Hall–Kier alpha value is -0.715. The van der Waals surface area contributed by atoms with Gasteiger partial charge in [-0.15, -0.1) is 23.2 Å². The molecule has 1 rings (SSSR count). The molecule has 8 heteroatoms. The summed E-state index contributed by atoms with van der Waals surface area (Å²) in [6, 6.07) is 0. The Morgan fingerprint density at radius 3 is 2.38 bits per heavy atom. The zero-order chi connectivity index (χ0) is 20.1. The van der Waals surface area contributed by atoms with Crippen LogP contribution < -0.4 is 10.6 Å². The molecule has 1 fully saturated rings. The average molecular weight is 405 g/mol. The summed E-state index contributed by atoms with van der Waals surface area (Å²) in [7, 11) is 0. The maximum Gasteiger partial charge on any atom is 0.321 e. The zero-order valence-corrected chi connectivity index (χ0v) is 18.0. The number of halogens is 2. The monoisotopic (exact) mass is 404 g/mol. The highest BCUT2D eigenvalue weighted by Gasteiger charge is 2.46. The Bertz CT molecular complexity index is 527. The fourth-order valence-corrected chi connectivity index (χ4v) is 2.91. The maximum atomic E-state index is 12.2. The van der Waals surface area contributed by atoms with Crippen molar-refractivity contribution in [3.05, 3.63) is 12.2 Å². The minimum absolute atomic E-state index is 0.0223. The first-order valence-corrected chi connectivity index (χ1v) is 10.00. The number of carbonyl (C=O) groups excluding carboxylic acids is 2. The molecule has 5 atom stereocenters. The van der Waals surface area contributed by atoms with Gasteiger partial charge in [-0.05, 0) is 38.9 Å². The van der Waals surface area contributed by atoms with Crippen LogP contribution in [0, 0.1) is 5.92 Å². The molecule has 1 aliphatic rings. The summed E-state index contributed by atoms with van der Waals surface area (Å²) in [5, 5.41) is 5.23. The molecule has 0 aromatic rings. The molecule has 1 aliphatic heterocycles. The molecule has 0 saturated carbocycles. The van der Waals surface area contributed by atoms with E-state index in [2.05, 4.69) is 31.4 Å². The van der Waals surface area contributed by atoms with Crippen LogP contribution in [0.5, 0.6) is 0 Å². The van der Waals surface area contributed by atoms with Crippen molar-refractivity contribution in [3.8, 4) is 0 Å². The van der Waals surface area contributed by atoms with Crippen LogP contribution >= 0.6 is 23.2 Å². The molecule has 3 unspecified atom stereocenters. The molecule has 0 radical (unpaired) electrons. The Labute approximate surface area is 167 Å². The number of rotatable bonds is 9. The van der Waals surface area contributed by atoms with E-state index in [9.17, 15) is 9.59 Å². The van der Waals surface area contributed by atoms with E-state index in [1.165, 1.54) is 12.2 Å². The molecular formula is C18H31BCl2N2O3. The van der Waals surface area contributed by atoms with Gasteiger partial charge in [-0.1, -0.05) is 26.8 Å². The fourth-order valence-electron chi connectivity index (χ4n) is 2.77. The molecule has 2 amide bonds. The Morgan fingerprint density at radius 1 is 1.31 bits per heavy atom. The molecule has 0 aromatic heterocycles. The lowest BCUT2D eigenvalue weighted by molar-refractivity contribution is -0.124. The van der Waals surface area contributed by atoms with Gasteiger partial charge in [-0.2, -0.15) is 0 Å². The Balaban J connectivity index is 2.50. The highest BCUT2D eigenvalue weighted by Crippen LogP contribution is 2.33. The lowest BCUT2D eigenvalue weighted by atomic mass is 9.43. The SMILES string of the molecule is CC(C)C[C@H](NC(=O)CNC(=O)/C=C/C(C)(Cl)[C@H](C)Cl)B1OC(C)C1C. The van der Waals surface area contributed by atoms with E-state index in [0.29, 0.717) is 11.7 Å². The van der Waals surface area contributed by atoms with E-state index in [-0.39, 0.29) is 42.7 Å². The number of hydrogen-bond donors (Lipinski definition) is 2. The highest BCUT2D eigenvalue weighted by molar-refractivity contribution is 6.58. The third-order valence-corrected chi connectivity index (χ3v) is 5.88. The minimum atomic E-state index is -0.822. The summed E-state index contributed by atoms with van der Waals surface area (Å²) < 4.78 is 5.80. The number of allylic oxidation sites excluding steroid dienone is 1. The van der Waals surface area contributed by atoms with Crippen molar-refractivity contribution in [1.82, 2.24) is 10.6 Å². The van der Waals surface area contributed by atoms with Gasteiger partial charge in [0.05, 0.1) is 16.8 Å². The predicted octanol–water partition coefficient (Wildman–Crippen LogP) is 3.15. The van der Waals surface area contributed by atoms with Gasteiger partial charge in [0.2, 0.25) is 11.8 Å². The molecule has 26 heavy (non-hydrogen) atoms. The largest absolute Gasteiger partial charge is 0.431 e. The Kier molecular flexibility index (Phi) is 8.97. The van der Waals surface area contributed by atoms with Gasteiger partial charge in [0.25, 0.3) is 0 Å². The van der Waals surface area contributed by atoms with Crippen LogP contribution in [0.1, 0.15) is 48.0 Å². The van der Waals surface area contributed by atoms with E-state index in [1.807, 2.05) is 6.92 Å². The quantitative estimate of drug-likeness (QED) is 0.352. The van der Waals surface area contributed by atoms with E-state index in [1.54, 1.807) is 13.8 Å². The number of nitrogens with one attached hydrogen (secondary N) is 2. The topological polar surface area (TPSA) is 67.4 Å². The van der Waals surface area contributed by atoms with Gasteiger partial charge in [0, 0.05) is 18.1 Å². The summed E-state index contributed by atoms with van der Waals surface area (Å²) in [4.78, 5) is 23.3. The molecule has 148 valence electrons. The number of carbonyl (C=O) groups is 2. The standard InChI is InChI=1S/C18H31BCl2N2O3/c1-11(2)9-15(19-12(3)13(4)26-19)23-17(25)10-22-16(24)7-8-18(6,21)14(5)20/h7-8,11-15H,9-10H2,1-6H3,(H,22,24)(H,23,25)/b8-7+/t12?,13?,14-,15-,18?/m0/s1. The number of hydrogen-bond acceptors (Lipinski definition) is 3. The molecule has 0 aromatic carbocycles. The molecule has 0 aliphatic carbocycles. The molecule has 1 saturated heterocycles. The summed E-state index contributed by atoms with van der Waals surface area (Å²) >= 11 is 12.1. The molecule has 1 heterocycles. The zero-order valence-electron chi connectivity index (χ0n) is 16.5. The van der Waals surface area contributed by atoms with Gasteiger partial charge in [-0.25, -0.2) is 0 Å². The second-order valence-corrected chi connectivity index (χ2v) is 9.26. The molecule has 0 bridgehead atoms. The van der Waals surface area contributed by atoms with Crippen molar-refractivity contribution in [2.45, 2.75) is 76.1 Å². The maximum absolute atomic E-state index is 12.2. The summed E-state index contributed by atoms with van der Waals surface area (Å²) in [5.74, 6) is 0.169. The van der Waals surface area contributed by atoms with Crippen LogP contribution in [-0.4, -0.2) is 47.6 Å². The third kappa shape index (κ3) is 7.13. The smallest absolute Gasteiger partial charge is 0.321 e. The summed E-state index contributed by atoms with van der Waals surface area (Å²) in [5.41, 5.74) is 0. The van der Waals surface area contributed by atoms with Gasteiger partial charge < -0.3 is 15.3 Å². The van der Waals surface area contributed by atoms with E-state index in [0.717, 1.165) is 6.42 Å². The van der Waals surface area contributed by atoms with Gasteiger partial charge >= 0.3 is 6.92 Å². The van der Waals surface area contributed by atoms with Crippen LogP contribution in [0.4, 0.5) is 0 Å². The van der Waals surface area contributed by atoms with Gasteiger partial charge in [-0.3, -0.25) is 9.59 Å². The molecule has 0 spiro atoms. The van der Waals surface area contributed by atoms with Gasteiger partial charge in [0.1, 0.15) is 0 Å². The first kappa shape index (κ1) is 23.3. The van der Waals surface area contributed by atoms with Crippen molar-refractivity contribution < 1.29 is 14.2 Å². The van der Waals surface area contributed by atoms with Crippen LogP contribution in [0.3, 0.4) is 0 Å². The second-order valence-electron chi connectivity index (χ2n) is 7.79. The van der Waals surface area contributed by atoms with Crippen molar-refractivity contribution in [2.24, 2.45) is 5.92 Å². The lowest BCUT2D eigenvalue weighted by Gasteiger charge is -2.43. The third-order valence-electron chi connectivity index (χ3n) is 4.86. The minimum Gasteiger partial charge on any atom is -0.431 e. The van der Waals surface area contributed by atoms with Crippen LogP contribution in [0.15, 0.2) is 12.2 Å². The fraction of sp³-hybridized carbons (Fsp3) is 0.778. The molecule has 5 nitrogen and oxygen atoms in total. The average Bonchev–Trinajstić information content (AvgIpc) is 2.54.